The van der Waals surface area contributed by atoms with Crippen LogP contribution in [0, 0.1) is 0 Å². The molecule has 1 aromatic heterocycles. The molecule has 1 aliphatic carbocycles. The summed E-state index contributed by atoms with van der Waals surface area (Å²) >= 11 is 8.90. The Morgan fingerprint density at radius 1 is 1.44 bits per heavy atom. The first-order chi connectivity index (χ1) is 7.70. The van der Waals surface area contributed by atoms with Crippen LogP contribution in [0.4, 0.5) is 5.82 Å². The summed E-state index contributed by atoms with van der Waals surface area (Å²) < 4.78 is 2.02. The van der Waals surface area contributed by atoms with Crippen LogP contribution in [-0.2, 0) is 0 Å². The number of rotatable bonds is 3. The van der Waals surface area contributed by atoms with Crippen molar-refractivity contribution in [2.45, 2.75) is 30.6 Å². The Kier molecular flexibility index (Phi) is 4.56. The number of halogens is 2. The second kappa shape index (κ2) is 5.74. The Hall–Kier alpha value is 0.260. The quantitative estimate of drug-likeness (QED) is 0.864. The highest BCUT2D eigenvalue weighted by Gasteiger charge is 2.26. The molecule has 1 fully saturated rings. The minimum absolute atomic E-state index is 0.556. The zero-order chi connectivity index (χ0) is 11.5. The lowest BCUT2D eigenvalue weighted by Gasteiger charge is -2.20. The molecule has 1 heterocycles. The number of hydrogen-bond acceptors (Lipinski definition) is 3. The second-order valence-electron chi connectivity index (χ2n) is 3.94. The van der Waals surface area contributed by atoms with Gasteiger partial charge in [0, 0.05) is 22.0 Å². The average molecular weight is 366 g/mol. The van der Waals surface area contributed by atoms with Crippen LogP contribution in [0.25, 0.3) is 0 Å². The van der Waals surface area contributed by atoms with Gasteiger partial charge in [0.2, 0.25) is 0 Å². The summed E-state index contributed by atoms with van der Waals surface area (Å²) in [5, 5.41) is 4.26. The Bertz CT molecular complexity index is 373. The van der Waals surface area contributed by atoms with E-state index in [-0.39, 0.29) is 0 Å². The first kappa shape index (κ1) is 12.7. The molecule has 1 aromatic rings. The van der Waals surface area contributed by atoms with E-state index in [1.807, 2.05) is 24.0 Å². The summed E-state index contributed by atoms with van der Waals surface area (Å²) in [5.74, 6) is 0.953. The van der Waals surface area contributed by atoms with E-state index >= 15 is 0 Å². The molecule has 2 unspecified atom stereocenters. The minimum atomic E-state index is 0.556. The molecule has 2 nitrogen and oxygen atoms in total. The van der Waals surface area contributed by atoms with E-state index in [0.717, 1.165) is 20.0 Å². The topological polar surface area (TPSA) is 24.9 Å². The van der Waals surface area contributed by atoms with E-state index in [9.17, 15) is 0 Å². The molecule has 1 saturated carbocycles. The van der Waals surface area contributed by atoms with Crippen LogP contribution in [0.2, 0.25) is 0 Å². The maximum atomic E-state index is 4.40. The van der Waals surface area contributed by atoms with Gasteiger partial charge in [0.25, 0.3) is 0 Å². The third-order valence-electron chi connectivity index (χ3n) is 2.89. The summed E-state index contributed by atoms with van der Waals surface area (Å²) in [6.07, 6.45) is 7.89. The fourth-order valence-corrected chi connectivity index (χ4v) is 4.11. The van der Waals surface area contributed by atoms with Crippen molar-refractivity contribution >= 4 is 49.4 Å². The SMILES string of the molecule is CSC1CCCC1Nc1ncc(Br)cc1Br. The monoisotopic (exact) mass is 364 g/mol. The highest BCUT2D eigenvalue weighted by Crippen LogP contribution is 2.32. The Morgan fingerprint density at radius 3 is 2.94 bits per heavy atom. The van der Waals surface area contributed by atoms with E-state index in [2.05, 4.69) is 48.4 Å². The van der Waals surface area contributed by atoms with Gasteiger partial charge in [-0.3, -0.25) is 0 Å². The van der Waals surface area contributed by atoms with Gasteiger partial charge in [-0.25, -0.2) is 4.98 Å². The molecular formula is C11H14Br2N2S. The average Bonchev–Trinajstić information content (AvgIpc) is 2.69. The van der Waals surface area contributed by atoms with Crippen molar-refractivity contribution in [3.63, 3.8) is 0 Å². The fourth-order valence-electron chi connectivity index (χ4n) is 2.07. The second-order valence-corrected chi connectivity index (χ2v) is 6.79. The normalized spacial score (nSPS) is 24.7. The highest BCUT2D eigenvalue weighted by molar-refractivity contribution is 9.11. The van der Waals surface area contributed by atoms with Gasteiger partial charge in [-0.05, 0) is 57.0 Å². The third kappa shape index (κ3) is 2.93. The summed E-state index contributed by atoms with van der Waals surface area (Å²) in [6, 6.07) is 2.58. The zero-order valence-corrected chi connectivity index (χ0v) is 13.0. The van der Waals surface area contributed by atoms with Gasteiger partial charge in [0.05, 0.1) is 4.47 Å². The Labute approximate surface area is 117 Å². The molecule has 0 spiro atoms. The molecule has 16 heavy (non-hydrogen) atoms. The van der Waals surface area contributed by atoms with Crippen LogP contribution in [0.5, 0.6) is 0 Å². The number of thioether (sulfide) groups is 1. The summed E-state index contributed by atoms with van der Waals surface area (Å²) in [7, 11) is 0. The first-order valence-electron chi connectivity index (χ1n) is 5.31. The van der Waals surface area contributed by atoms with Crippen LogP contribution in [0.1, 0.15) is 19.3 Å². The van der Waals surface area contributed by atoms with Crippen molar-refractivity contribution in [1.29, 1.82) is 0 Å². The summed E-state index contributed by atoms with van der Waals surface area (Å²) in [4.78, 5) is 4.40. The maximum Gasteiger partial charge on any atom is 0.140 e. The zero-order valence-electron chi connectivity index (χ0n) is 9.04. The molecule has 5 heteroatoms. The van der Waals surface area contributed by atoms with E-state index in [1.54, 1.807) is 0 Å². The predicted molar refractivity (Wildman–Crippen MR) is 78.2 cm³/mol. The third-order valence-corrected chi connectivity index (χ3v) is 5.09. The molecule has 0 aliphatic heterocycles. The van der Waals surface area contributed by atoms with E-state index < -0.39 is 0 Å². The van der Waals surface area contributed by atoms with Gasteiger partial charge >= 0.3 is 0 Å². The Morgan fingerprint density at radius 2 is 2.25 bits per heavy atom. The molecular weight excluding hydrogens is 352 g/mol. The smallest absolute Gasteiger partial charge is 0.140 e. The minimum Gasteiger partial charge on any atom is -0.365 e. The number of pyridine rings is 1. The number of aromatic nitrogens is 1. The molecule has 2 rings (SSSR count). The fraction of sp³-hybridized carbons (Fsp3) is 0.545. The van der Waals surface area contributed by atoms with Crippen molar-refractivity contribution in [1.82, 2.24) is 4.98 Å². The van der Waals surface area contributed by atoms with Gasteiger partial charge in [-0.15, -0.1) is 0 Å². The number of nitrogens with one attached hydrogen (secondary N) is 1. The number of hydrogen-bond donors (Lipinski definition) is 1. The van der Waals surface area contributed by atoms with Crippen molar-refractivity contribution in [3.8, 4) is 0 Å². The van der Waals surface area contributed by atoms with Gasteiger partial charge in [-0.1, -0.05) is 6.42 Å². The van der Waals surface area contributed by atoms with Crippen molar-refractivity contribution in [2.75, 3.05) is 11.6 Å². The lowest BCUT2D eigenvalue weighted by molar-refractivity contribution is 0.762. The summed E-state index contributed by atoms with van der Waals surface area (Å²) in [5.41, 5.74) is 0. The van der Waals surface area contributed by atoms with Gasteiger partial charge in [0.1, 0.15) is 5.82 Å². The highest BCUT2D eigenvalue weighted by atomic mass is 79.9. The van der Waals surface area contributed by atoms with Crippen molar-refractivity contribution < 1.29 is 0 Å². The molecule has 0 saturated heterocycles. The van der Waals surface area contributed by atoms with E-state index in [1.165, 1.54) is 19.3 Å². The maximum absolute atomic E-state index is 4.40. The van der Waals surface area contributed by atoms with E-state index in [4.69, 9.17) is 0 Å². The first-order valence-corrected chi connectivity index (χ1v) is 8.18. The van der Waals surface area contributed by atoms with E-state index in [0.29, 0.717) is 6.04 Å². The molecule has 0 aromatic carbocycles. The molecule has 1 N–H and O–H groups in total. The van der Waals surface area contributed by atoms with Crippen LogP contribution >= 0.6 is 43.6 Å². The lowest BCUT2D eigenvalue weighted by Crippen LogP contribution is -2.26. The summed E-state index contributed by atoms with van der Waals surface area (Å²) in [6.45, 7) is 0. The van der Waals surface area contributed by atoms with Crippen molar-refractivity contribution in [2.24, 2.45) is 0 Å². The standard InChI is InChI=1S/C11H14Br2N2S/c1-16-10-4-2-3-9(10)15-11-8(13)5-7(12)6-14-11/h5-6,9-10H,2-4H2,1H3,(H,14,15). The molecule has 0 radical (unpaired) electrons. The molecule has 88 valence electrons. The molecule has 0 amide bonds. The number of anilines is 1. The van der Waals surface area contributed by atoms with Gasteiger partial charge < -0.3 is 5.32 Å². The van der Waals surface area contributed by atoms with Gasteiger partial charge in [0.15, 0.2) is 0 Å². The Balaban J connectivity index is 2.08. The van der Waals surface area contributed by atoms with Crippen molar-refractivity contribution in [3.05, 3.63) is 21.2 Å². The van der Waals surface area contributed by atoms with Crippen LogP contribution < -0.4 is 5.32 Å². The molecule has 2 atom stereocenters. The largest absolute Gasteiger partial charge is 0.365 e. The predicted octanol–water partition coefficient (Wildman–Crippen LogP) is 4.30. The van der Waals surface area contributed by atoms with Gasteiger partial charge in [-0.2, -0.15) is 11.8 Å². The van der Waals surface area contributed by atoms with Crippen LogP contribution in [0.3, 0.4) is 0 Å². The molecule has 0 bridgehead atoms. The van der Waals surface area contributed by atoms with Crippen LogP contribution in [-0.4, -0.2) is 22.5 Å². The molecule has 1 aliphatic rings. The number of nitrogens with zero attached hydrogens (tertiary/aromatic N) is 1. The van der Waals surface area contributed by atoms with Crippen LogP contribution in [0.15, 0.2) is 21.2 Å². The lowest BCUT2D eigenvalue weighted by atomic mass is 10.2.